The third-order valence-corrected chi connectivity index (χ3v) is 6.11. The van der Waals surface area contributed by atoms with Crippen LogP contribution in [0.4, 0.5) is 0 Å². The van der Waals surface area contributed by atoms with Gasteiger partial charge in [-0.3, -0.25) is 9.13 Å². The molecule has 19 heavy (non-hydrogen) atoms. The van der Waals surface area contributed by atoms with Gasteiger partial charge in [0.15, 0.2) is 0 Å². The average Bonchev–Trinajstić information content (AvgIpc) is 2.22. The van der Waals surface area contributed by atoms with Gasteiger partial charge in [0.05, 0.1) is 0 Å². The Hall–Kier alpha value is -0.200. The molecule has 0 heterocycles. The largest absolute Gasteiger partial charge is 0.389 e. The lowest BCUT2D eigenvalue weighted by Gasteiger charge is -2.26. The van der Waals surface area contributed by atoms with Crippen molar-refractivity contribution in [2.45, 2.75) is 44.2 Å². The molecule has 10 heteroatoms. The minimum absolute atomic E-state index is 0.0472. The molecule has 114 valence electrons. The molecule has 0 saturated heterocycles. The van der Waals surface area contributed by atoms with Crippen molar-refractivity contribution in [3.05, 3.63) is 12.3 Å². The van der Waals surface area contributed by atoms with E-state index in [0.29, 0.717) is 6.08 Å². The van der Waals surface area contributed by atoms with Crippen LogP contribution in [-0.4, -0.2) is 35.8 Å². The van der Waals surface area contributed by atoms with E-state index in [4.69, 9.17) is 19.6 Å². The van der Waals surface area contributed by atoms with Gasteiger partial charge in [0, 0.05) is 6.04 Å². The second kappa shape index (κ2) is 6.99. The lowest BCUT2D eigenvalue weighted by molar-refractivity contribution is 0.167. The fourth-order valence-corrected chi connectivity index (χ4v) is 3.18. The van der Waals surface area contributed by atoms with Gasteiger partial charge in [-0.15, -0.1) is 0 Å². The molecule has 0 aromatic rings. The summed E-state index contributed by atoms with van der Waals surface area (Å²) in [6.45, 7) is 3.80. The summed E-state index contributed by atoms with van der Waals surface area (Å²) in [6.07, 6.45) is 4.06. The molecule has 0 aliphatic heterocycles. The van der Waals surface area contributed by atoms with Crippen molar-refractivity contribution in [3.8, 4) is 0 Å². The zero-order valence-corrected chi connectivity index (χ0v) is 12.6. The first-order valence-corrected chi connectivity index (χ1v) is 8.95. The Morgan fingerprint density at radius 3 is 2.05 bits per heavy atom. The molecule has 0 aromatic carbocycles. The lowest BCUT2D eigenvalue weighted by Crippen LogP contribution is -2.28. The highest BCUT2D eigenvalue weighted by Crippen LogP contribution is 2.67. The number of hydrogen-bond acceptors (Lipinski definition) is 4. The monoisotopic (exact) mass is 317 g/mol. The summed E-state index contributed by atoms with van der Waals surface area (Å²) in [5, 5.41) is 8.71. The summed E-state index contributed by atoms with van der Waals surface area (Å²) in [5.41, 5.74) is 0. The molecule has 1 atom stereocenters. The van der Waals surface area contributed by atoms with Gasteiger partial charge in [-0.25, -0.2) is 0 Å². The number of unbranched alkanes of at least 4 members (excludes halogenated alkanes) is 1. The molecular weight excluding hydrogens is 296 g/mol. The molecule has 0 aromatic heterocycles. The molecule has 6 N–H and O–H groups in total. The first-order chi connectivity index (χ1) is 8.45. The van der Waals surface area contributed by atoms with E-state index in [9.17, 15) is 14.2 Å². The predicted molar refractivity (Wildman–Crippen MR) is 70.3 cm³/mol. The maximum Gasteiger partial charge on any atom is 0.373 e. The highest BCUT2D eigenvalue weighted by Gasteiger charge is 2.57. The zero-order valence-electron chi connectivity index (χ0n) is 10.8. The molecule has 0 fully saturated rings. The molecule has 0 spiro atoms. The number of nitrogens with one attached hydrogen (secondary N) is 1. The highest BCUT2D eigenvalue weighted by atomic mass is 31.2. The van der Waals surface area contributed by atoms with Crippen LogP contribution in [0.5, 0.6) is 0 Å². The Labute approximate surface area is 111 Å². The van der Waals surface area contributed by atoms with Crippen molar-refractivity contribution in [1.29, 1.82) is 0 Å². The highest BCUT2D eigenvalue weighted by molar-refractivity contribution is 7.72. The number of rotatable bonds is 8. The third kappa shape index (κ3) is 5.36. The summed E-state index contributed by atoms with van der Waals surface area (Å²) in [6, 6.07) is -0.0472. The number of hydrogen-bond donors (Lipinski definition) is 6. The summed E-state index contributed by atoms with van der Waals surface area (Å²) >= 11 is 0. The van der Waals surface area contributed by atoms with Crippen LogP contribution in [0.3, 0.4) is 0 Å². The van der Waals surface area contributed by atoms with Gasteiger partial charge in [-0.05, 0) is 25.6 Å². The summed E-state index contributed by atoms with van der Waals surface area (Å²) < 4.78 is 22.0. The summed E-state index contributed by atoms with van der Waals surface area (Å²) in [7, 11) is -10.8. The van der Waals surface area contributed by atoms with E-state index in [1.54, 1.807) is 6.92 Å². The smallest absolute Gasteiger partial charge is 0.373 e. The minimum atomic E-state index is -5.42. The van der Waals surface area contributed by atoms with Gasteiger partial charge >= 0.3 is 15.2 Å². The van der Waals surface area contributed by atoms with Crippen molar-refractivity contribution < 1.29 is 33.8 Å². The van der Waals surface area contributed by atoms with Crippen molar-refractivity contribution in [2.24, 2.45) is 0 Å². The maximum absolute atomic E-state index is 11.0. The molecule has 0 amide bonds. The molecule has 8 nitrogen and oxygen atoms in total. The minimum Gasteiger partial charge on any atom is -0.389 e. The molecule has 0 aliphatic rings. The van der Waals surface area contributed by atoms with Gasteiger partial charge in [0.2, 0.25) is 0 Å². The first-order valence-electron chi connectivity index (χ1n) is 5.73. The maximum atomic E-state index is 11.0. The van der Waals surface area contributed by atoms with Crippen LogP contribution in [0.1, 0.15) is 33.1 Å². The van der Waals surface area contributed by atoms with Crippen LogP contribution in [0, 0.1) is 0 Å². The molecule has 0 radical (unpaired) electrons. The topological polar surface area (TPSA) is 147 Å². The zero-order chi connectivity index (χ0) is 15.3. The van der Waals surface area contributed by atoms with Gasteiger partial charge in [-0.1, -0.05) is 19.8 Å². The molecule has 0 aliphatic carbocycles. The van der Waals surface area contributed by atoms with Gasteiger partial charge in [-0.2, -0.15) is 0 Å². The van der Waals surface area contributed by atoms with Gasteiger partial charge in [0.1, 0.15) is 0 Å². The molecule has 0 bridgehead atoms. The van der Waals surface area contributed by atoms with E-state index >= 15 is 0 Å². The molecule has 1 unspecified atom stereocenters. The van der Waals surface area contributed by atoms with Gasteiger partial charge in [0.25, 0.3) is 5.08 Å². The Morgan fingerprint density at radius 2 is 1.68 bits per heavy atom. The normalized spacial score (nSPS) is 15.7. The molecule has 0 saturated carbocycles. The average molecular weight is 317 g/mol. The quantitative estimate of drug-likeness (QED) is 0.358. The van der Waals surface area contributed by atoms with E-state index in [-0.39, 0.29) is 6.04 Å². The predicted octanol–water partition coefficient (Wildman–Crippen LogP) is 0.670. The molecule has 0 rings (SSSR count). The lowest BCUT2D eigenvalue weighted by atomic mass is 10.1. The van der Waals surface area contributed by atoms with Gasteiger partial charge < -0.3 is 30.0 Å². The van der Waals surface area contributed by atoms with E-state index in [1.165, 1.54) is 0 Å². The van der Waals surface area contributed by atoms with Crippen molar-refractivity contribution >= 4 is 15.2 Å². The van der Waals surface area contributed by atoms with Crippen LogP contribution >= 0.6 is 15.2 Å². The van der Waals surface area contributed by atoms with Crippen molar-refractivity contribution in [1.82, 2.24) is 5.32 Å². The SMILES string of the molecule is CCCCC(C)NC=CC(O)(P(=O)(O)O)P(=O)(O)O. The van der Waals surface area contributed by atoms with Crippen LogP contribution in [0.2, 0.25) is 0 Å². The van der Waals surface area contributed by atoms with Crippen LogP contribution in [-0.2, 0) is 9.13 Å². The third-order valence-electron chi connectivity index (χ3n) is 2.54. The van der Waals surface area contributed by atoms with E-state index in [2.05, 4.69) is 5.32 Å². The standard InChI is InChI=1S/C9H21NO7P2/c1-3-4-5-8(2)10-7-6-9(11,18(12,13)14)19(15,16)17/h6-8,10-11H,3-5H2,1-2H3,(H2,12,13,14)(H2,15,16,17). The van der Waals surface area contributed by atoms with Crippen LogP contribution in [0.15, 0.2) is 12.3 Å². The van der Waals surface area contributed by atoms with Crippen LogP contribution in [0.25, 0.3) is 0 Å². The van der Waals surface area contributed by atoms with E-state index in [1.807, 2.05) is 6.92 Å². The van der Waals surface area contributed by atoms with Crippen molar-refractivity contribution in [2.75, 3.05) is 0 Å². The summed E-state index contributed by atoms with van der Waals surface area (Å²) in [5.74, 6) is 0. The Balaban J connectivity index is 4.89. The van der Waals surface area contributed by atoms with Crippen LogP contribution < -0.4 is 5.32 Å². The molecular formula is C9H21NO7P2. The fraction of sp³-hybridized carbons (Fsp3) is 0.778. The summed E-state index contributed by atoms with van der Waals surface area (Å²) in [4.78, 5) is 35.5. The second-order valence-electron chi connectivity index (χ2n) is 4.32. The Bertz CT molecular complexity index is 377. The fourth-order valence-electron chi connectivity index (χ4n) is 1.28. The van der Waals surface area contributed by atoms with Crippen molar-refractivity contribution in [3.63, 3.8) is 0 Å². The number of aliphatic hydroxyl groups is 1. The van der Waals surface area contributed by atoms with E-state index < -0.39 is 20.3 Å². The Kier molecular flexibility index (Phi) is 6.92. The van der Waals surface area contributed by atoms with E-state index in [0.717, 1.165) is 25.5 Å². The second-order valence-corrected chi connectivity index (χ2v) is 8.21. The first kappa shape index (κ1) is 18.8. The Morgan fingerprint density at radius 1 is 1.21 bits per heavy atom.